The zero-order valence-corrected chi connectivity index (χ0v) is 32.4. The normalized spacial score (nSPS) is 13.2. The SMILES string of the molecule is COc1ccccc1C(O)(c1ccccc1OC)C(NC(=O)C(C)(C)C(=O)NC(C(C)C)C(O)(c1ccccc1OC)c1ccccc1OC)C(C)C. The van der Waals surface area contributed by atoms with E-state index >= 15 is 0 Å². The van der Waals surface area contributed by atoms with Gasteiger partial charge >= 0.3 is 0 Å². The molecule has 4 N–H and O–H groups in total. The summed E-state index contributed by atoms with van der Waals surface area (Å²) in [4.78, 5) is 29.1. The minimum atomic E-state index is -1.87. The molecule has 0 saturated heterocycles. The van der Waals surface area contributed by atoms with Gasteiger partial charge in [-0.15, -0.1) is 0 Å². The fraction of sp³-hybridized carbons (Fsp3) is 0.395. The van der Waals surface area contributed by atoms with Gasteiger partial charge in [0.25, 0.3) is 0 Å². The Hall–Kier alpha value is -5.06. The van der Waals surface area contributed by atoms with E-state index < -0.39 is 40.5 Å². The summed E-state index contributed by atoms with van der Waals surface area (Å²) in [7, 11) is 6.06. The van der Waals surface area contributed by atoms with Crippen molar-refractivity contribution in [2.75, 3.05) is 28.4 Å². The van der Waals surface area contributed by atoms with Gasteiger partial charge in [0.2, 0.25) is 11.8 Å². The summed E-state index contributed by atoms with van der Waals surface area (Å²) in [6.07, 6.45) is 0. The number of hydrogen-bond acceptors (Lipinski definition) is 8. The largest absolute Gasteiger partial charge is 0.496 e. The molecule has 2 unspecified atom stereocenters. The van der Waals surface area contributed by atoms with Gasteiger partial charge in [-0.25, -0.2) is 0 Å². The smallest absolute Gasteiger partial charge is 0.235 e. The lowest BCUT2D eigenvalue weighted by Gasteiger charge is -2.43. The number of amides is 2. The zero-order valence-electron chi connectivity index (χ0n) is 32.4. The molecule has 10 heteroatoms. The molecule has 2 amide bonds. The van der Waals surface area contributed by atoms with Gasteiger partial charge in [-0.2, -0.15) is 0 Å². The molecular formula is C43H54N2O8. The van der Waals surface area contributed by atoms with Crippen LogP contribution >= 0.6 is 0 Å². The van der Waals surface area contributed by atoms with Crippen LogP contribution in [0.15, 0.2) is 97.1 Å². The summed E-state index contributed by atoms with van der Waals surface area (Å²) < 4.78 is 22.8. The zero-order chi connectivity index (χ0) is 39.1. The van der Waals surface area contributed by atoms with Crippen LogP contribution < -0.4 is 29.6 Å². The molecule has 4 rings (SSSR count). The maximum atomic E-state index is 14.5. The van der Waals surface area contributed by atoms with Crippen LogP contribution in [0.1, 0.15) is 63.8 Å². The molecule has 0 heterocycles. The lowest BCUT2D eigenvalue weighted by Crippen LogP contribution is -2.61. The van der Waals surface area contributed by atoms with Gasteiger partial charge in [-0.1, -0.05) is 100 Å². The van der Waals surface area contributed by atoms with Crippen LogP contribution in [-0.4, -0.2) is 62.6 Å². The van der Waals surface area contributed by atoms with E-state index in [9.17, 15) is 19.8 Å². The molecule has 53 heavy (non-hydrogen) atoms. The van der Waals surface area contributed by atoms with Crippen LogP contribution in [0, 0.1) is 17.3 Å². The Balaban J connectivity index is 1.81. The van der Waals surface area contributed by atoms with Crippen LogP contribution in [0.2, 0.25) is 0 Å². The second-order valence-electron chi connectivity index (χ2n) is 14.3. The summed E-state index contributed by atoms with van der Waals surface area (Å²) in [5, 5.41) is 32.1. The van der Waals surface area contributed by atoms with Crippen LogP contribution in [0.3, 0.4) is 0 Å². The van der Waals surface area contributed by atoms with Gasteiger partial charge in [0.1, 0.15) is 39.6 Å². The van der Waals surface area contributed by atoms with E-state index in [-0.39, 0.29) is 11.8 Å². The standard InChI is InChI=1S/C43H54N2O8/c1-27(2)37(42(48,29-19-11-15-23-33(29)50-7)30-20-12-16-24-34(30)51-8)44-39(46)41(5,6)40(47)45-38(28(3)4)43(49,31-21-13-17-25-35(31)52-9)32-22-14-18-26-36(32)53-10/h11-28,37-38,48-49H,1-10H3,(H,44,46)(H,45,47). The molecule has 10 nitrogen and oxygen atoms in total. The van der Waals surface area contributed by atoms with Crippen molar-refractivity contribution in [3.05, 3.63) is 119 Å². The van der Waals surface area contributed by atoms with Crippen molar-refractivity contribution < 1.29 is 38.7 Å². The molecule has 0 fully saturated rings. The number of nitrogens with one attached hydrogen (secondary N) is 2. The van der Waals surface area contributed by atoms with Gasteiger partial charge in [0.15, 0.2) is 0 Å². The van der Waals surface area contributed by atoms with Gasteiger partial charge in [0, 0.05) is 22.3 Å². The second kappa shape index (κ2) is 16.7. The highest BCUT2D eigenvalue weighted by Crippen LogP contribution is 2.46. The molecule has 0 saturated carbocycles. The first kappa shape index (κ1) is 40.7. The quantitative estimate of drug-likeness (QED) is 0.100. The van der Waals surface area contributed by atoms with Crippen LogP contribution in [0.25, 0.3) is 0 Å². The molecule has 0 radical (unpaired) electrons. The van der Waals surface area contributed by atoms with Crippen molar-refractivity contribution in [3.8, 4) is 23.0 Å². The van der Waals surface area contributed by atoms with E-state index in [0.29, 0.717) is 45.3 Å². The van der Waals surface area contributed by atoms with E-state index in [0.717, 1.165) is 0 Å². The minimum absolute atomic E-state index is 0.359. The summed E-state index contributed by atoms with van der Waals surface area (Å²) in [5.74, 6) is -0.372. The first-order valence-corrected chi connectivity index (χ1v) is 17.7. The third kappa shape index (κ3) is 7.70. The molecule has 4 aromatic carbocycles. The molecule has 2 atom stereocenters. The predicted molar refractivity (Wildman–Crippen MR) is 205 cm³/mol. The van der Waals surface area contributed by atoms with Crippen molar-refractivity contribution >= 4 is 11.8 Å². The molecule has 0 aliphatic heterocycles. The van der Waals surface area contributed by atoms with Crippen molar-refractivity contribution in [1.82, 2.24) is 10.6 Å². The monoisotopic (exact) mass is 726 g/mol. The molecule has 0 aliphatic rings. The number of carbonyl (C=O) groups excluding carboxylic acids is 2. The number of methoxy groups -OCH3 is 4. The van der Waals surface area contributed by atoms with Crippen LogP contribution in [-0.2, 0) is 20.8 Å². The highest BCUT2D eigenvalue weighted by molar-refractivity contribution is 6.04. The lowest BCUT2D eigenvalue weighted by molar-refractivity contribution is -0.145. The number of aliphatic hydroxyl groups is 2. The Morgan fingerprint density at radius 3 is 0.925 bits per heavy atom. The summed E-state index contributed by atoms with van der Waals surface area (Å²) in [6.45, 7) is 10.5. The highest BCUT2D eigenvalue weighted by atomic mass is 16.5. The lowest BCUT2D eigenvalue weighted by atomic mass is 9.73. The topological polar surface area (TPSA) is 136 Å². The number of rotatable bonds is 16. The molecular weight excluding hydrogens is 672 g/mol. The fourth-order valence-corrected chi connectivity index (χ4v) is 7.05. The van der Waals surface area contributed by atoms with Gasteiger partial charge in [-0.3, -0.25) is 9.59 Å². The van der Waals surface area contributed by atoms with Gasteiger partial charge < -0.3 is 39.8 Å². The predicted octanol–water partition coefficient (Wildman–Crippen LogP) is 6.20. The highest BCUT2D eigenvalue weighted by Gasteiger charge is 2.51. The van der Waals surface area contributed by atoms with E-state index in [1.807, 2.05) is 27.7 Å². The number of benzene rings is 4. The maximum Gasteiger partial charge on any atom is 0.235 e. The summed E-state index contributed by atoms with van der Waals surface area (Å²) in [6, 6.07) is 26.3. The first-order chi connectivity index (χ1) is 25.1. The fourth-order valence-electron chi connectivity index (χ4n) is 7.05. The second-order valence-corrected chi connectivity index (χ2v) is 14.3. The number of hydrogen-bond donors (Lipinski definition) is 4. The summed E-state index contributed by atoms with van der Waals surface area (Å²) in [5.41, 5.74) is -3.81. The van der Waals surface area contributed by atoms with Crippen LogP contribution in [0.5, 0.6) is 23.0 Å². The Labute approximate surface area is 313 Å². The Bertz CT molecular complexity index is 1640. The van der Waals surface area contributed by atoms with E-state index in [1.54, 1.807) is 97.1 Å². The van der Waals surface area contributed by atoms with E-state index in [2.05, 4.69) is 10.6 Å². The van der Waals surface area contributed by atoms with Crippen molar-refractivity contribution in [3.63, 3.8) is 0 Å². The van der Waals surface area contributed by atoms with E-state index in [4.69, 9.17) is 18.9 Å². The van der Waals surface area contributed by atoms with Crippen LogP contribution in [0.4, 0.5) is 0 Å². The van der Waals surface area contributed by atoms with Crippen molar-refractivity contribution in [2.45, 2.75) is 64.8 Å². The number of para-hydroxylation sites is 4. The molecule has 0 bridgehead atoms. The first-order valence-electron chi connectivity index (χ1n) is 17.7. The third-order valence-corrected chi connectivity index (χ3v) is 10.0. The minimum Gasteiger partial charge on any atom is -0.496 e. The molecule has 284 valence electrons. The number of carbonyl (C=O) groups is 2. The Kier molecular flexibility index (Phi) is 12.9. The maximum absolute atomic E-state index is 14.5. The molecule has 0 aliphatic carbocycles. The molecule has 0 spiro atoms. The molecule has 0 aromatic heterocycles. The van der Waals surface area contributed by atoms with Crippen molar-refractivity contribution in [1.29, 1.82) is 0 Å². The third-order valence-electron chi connectivity index (χ3n) is 10.0. The van der Waals surface area contributed by atoms with E-state index in [1.165, 1.54) is 42.3 Å². The summed E-state index contributed by atoms with van der Waals surface area (Å²) >= 11 is 0. The number of ether oxygens (including phenoxy) is 4. The van der Waals surface area contributed by atoms with Gasteiger partial charge in [0.05, 0.1) is 40.5 Å². The Morgan fingerprint density at radius 2 is 0.717 bits per heavy atom. The van der Waals surface area contributed by atoms with Crippen molar-refractivity contribution in [2.24, 2.45) is 17.3 Å². The Morgan fingerprint density at radius 1 is 0.491 bits per heavy atom. The average molecular weight is 727 g/mol. The molecule has 4 aromatic rings. The average Bonchev–Trinajstić information content (AvgIpc) is 3.17. The van der Waals surface area contributed by atoms with Gasteiger partial charge in [-0.05, 0) is 49.9 Å².